The van der Waals surface area contributed by atoms with Crippen LogP contribution in [-0.4, -0.2) is 103 Å². The molecule has 0 aliphatic heterocycles. The fourth-order valence-corrected chi connectivity index (χ4v) is 5.31. The predicted molar refractivity (Wildman–Crippen MR) is 252 cm³/mol. The van der Waals surface area contributed by atoms with Gasteiger partial charge < -0.3 is 60.8 Å². The number of rotatable bonds is 8. The topological polar surface area (TPSA) is 153 Å². The fraction of sp³-hybridized carbons (Fsp3) is 0.111. The quantitative estimate of drug-likeness (QED) is 0.0997. The van der Waals surface area contributed by atoms with E-state index in [1.165, 1.54) is 14.2 Å². The number of pyridine rings is 2. The Labute approximate surface area is 408 Å². The molecule has 0 aliphatic rings. The molecule has 0 atom stereocenters. The average molecular weight is 1050 g/mol. The molecule has 62 heavy (non-hydrogen) atoms. The molecule has 11 nitrogen and oxygen atoms in total. The Kier molecular flexibility index (Phi) is 32.6. The summed E-state index contributed by atoms with van der Waals surface area (Å²) in [6, 6.07) is 51.1. The van der Waals surface area contributed by atoms with Gasteiger partial charge in [0.15, 0.2) is 0 Å². The van der Waals surface area contributed by atoms with Crippen molar-refractivity contribution in [3.05, 3.63) is 185 Å². The first-order valence-corrected chi connectivity index (χ1v) is 19.6. The van der Waals surface area contributed by atoms with Crippen molar-refractivity contribution in [2.45, 2.75) is 0 Å². The molecule has 0 spiro atoms. The molecule has 4 N–H and O–H groups in total. The fourth-order valence-electron chi connectivity index (χ4n) is 4.59. The summed E-state index contributed by atoms with van der Waals surface area (Å²) >= 11 is 6.53. The van der Waals surface area contributed by atoms with Gasteiger partial charge in [0.25, 0.3) is 0 Å². The molecular weight excluding hydrogens is 998 g/mol. The van der Waals surface area contributed by atoms with Crippen LogP contribution in [0.1, 0.15) is 0 Å². The minimum Gasteiger partial charge on any atom is -1.00 e. The van der Waals surface area contributed by atoms with E-state index < -0.39 is 14.2 Å². The van der Waals surface area contributed by atoms with Gasteiger partial charge in [0, 0.05) is 34.6 Å². The van der Waals surface area contributed by atoms with E-state index in [2.05, 4.69) is 47.9 Å². The first-order chi connectivity index (χ1) is 29.1. The smallest absolute Gasteiger partial charge is 1.00 e. The van der Waals surface area contributed by atoms with Crippen molar-refractivity contribution in [1.82, 2.24) is 9.97 Å². The average Bonchev–Trinajstić information content (AvgIpc) is 3.31. The summed E-state index contributed by atoms with van der Waals surface area (Å²) in [4.78, 5) is 8.17. The van der Waals surface area contributed by atoms with E-state index in [0.717, 1.165) is 37.6 Å². The zero-order chi connectivity index (χ0) is 44.0. The Morgan fingerprint density at radius 3 is 1.24 bits per heavy atom. The summed E-state index contributed by atoms with van der Waals surface area (Å²) < 4.78 is 26.8. The van der Waals surface area contributed by atoms with Crippen LogP contribution in [0.25, 0.3) is 11.3 Å². The maximum Gasteiger partial charge on any atom is 2.00 e. The monoisotopic (exact) mass is 1040 g/mol. The number of hydrogen-bond donors (Lipinski definition) is 4. The largest absolute Gasteiger partial charge is 2.00 e. The Bertz CT molecular complexity index is 2120. The van der Waals surface area contributed by atoms with Crippen LogP contribution in [0.4, 0.5) is 0 Å². The SMILES string of the molecule is Brc1ccccn1.COc1[c-]cccc1.COc1ccccc1-c1ccccn1.COc1ccccc1B(O)O.COc1ccccc1B(O)O.COc1ccccc1Br.[Br-].[Mg+2]. The number of methoxy groups -OCH3 is 5. The van der Waals surface area contributed by atoms with Gasteiger partial charge >= 0.3 is 37.3 Å². The Balaban J connectivity index is 0.000000725. The molecule has 0 bridgehead atoms. The van der Waals surface area contributed by atoms with Gasteiger partial charge in [-0.25, -0.2) is 4.98 Å². The van der Waals surface area contributed by atoms with Crippen molar-refractivity contribution in [3.8, 4) is 40.0 Å². The zero-order valence-electron chi connectivity index (χ0n) is 34.9. The number of aromatic nitrogens is 2. The maximum atomic E-state index is 8.81. The van der Waals surface area contributed by atoms with Gasteiger partial charge in [0.1, 0.15) is 27.6 Å². The number of halogens is 3. The second-order valence-electron chi connectivity index (χ2n) is 11.4. The van der Waals surface area contributed by atoms with Crippen LogP contribution in [0.2, 0.25) is 0 Å². The van der Waals surface area contributed by atoms with Gasteiger partial charge in [-0.05, 0) is 92.5 Å². The van der Waals surface area contributed by atoms with Gasteiger partial charge in [-0.3, -0.25) is 4.98 Å². The Morgan fingerprint density at radius 1 is 0.468 bits per heavy atom. The summed E-state index contributed by atoms with van der Waals surface area (Å²) in [5, 5.41) is 35.2. The standard InChI is InChI=1S/C12H11NO.2C7H9BO3.C7H7BrO.C7H7O.C5H4BrN.BrH.Mg/c1-14-12-8-3-2-6-10(12)11-7-4-5-9-13-11;2*1-11-7-5-3-2-4-6(7)8(9)10;1-9-7-5-3-2-4-6(7)8;1-8-7-5-3-2-4-6-7;6-5-3-1-2-4-7-5;;/h2-9H,1H3;2*2-5,9-10H,1H3;2-5H,1H3;2-5H,1H3;1-4H;1H;/q;;;;-1;;;+2/p-1. The minimum atomic E-state index is -1.47. The van der Waals surface area contributed by atoms with Crippen molar-refractivity contribution in [3.63, 3.8) is 0 Å². The molecule has 17 heteroatoms. The molecule has 7 aromatic rings. The molecular formula is C45H47B2Br3MgN2O9. The van der Waals surface area contributed by atoms with Crippen LogP contribution in [-0.2, 0) is 0 Å². The van der Waals surface area contributed by atoms with Crippen molar-refractivity contribution < 1.29 is 60.8 Å². The summed E-state index contributed by atoms with van der Waals surface area (Å²) in [5.74, 6) is 3.49. The molecule has 0 fully saturated rings. The second-order valence-corrected chi connectivity index (χ2v) is 13.0. The van der Waals surface area contributed by atoms with E-state index >= 15 is 0 Å². The molecule has 0 radical (unpaired) electrons. The molecule has 7 rings (SSSR count). The van der Waals surface area contributed by atoms with E-state index in [9.17, 15) is 0 Å². The number of para-hydroxylation sites is 5. The zero-order valence-corrected chi connectivity index (χ0v) is 41.1. The summed E-state index contributed by atoms with van der Waals surface area (Å²) in [6.07, 6.45) is 3.52. The van der Waals surface area contributed by atoms with Gasteiger partial charge in [0.05, 0.1) is 45.7 Å². The molecule has 5 aromatic carbocycles. The molecule has 320 valence electrons. The van der Waals surface area contributed by atoms with E-state index in [1.54, 1.807) is 82.3 Å². The Hall–Kier alpha value is -4.42. The van der Waals surface area contributed by atoms with Crippen LogP contribution in [0.5, 0.6) is 28.7 Å². The van der Waals surface area contributed by atoms with Crippen LogP contribution in [0, 0.1) is 6.07 Å². The first kappa shape index (κ1) is 57.6. The minimum absolute atomic E-state index is 0. The molecule has 0 saturated carbocycles. The van der Waals surface area contributed by atoms with Crippen molar-refractivity contribution in [2.24, 2.45) is 0 Å². The molecule has 0 unspecified atom stereocenters. The van der Waals surface area contributed by atoms with E-state index in [1.807, 2.05) is 109 Å². The molecule has 0 aliphatic carbocycles. The maximum absolute atomic E-state index is 8.81. The summed E-state index contributed by atoms with van der Waals surface area (Å²) in [6.45, 7) is 0. The number of hydrogen-bond acceptors (Lipinski definition) is 11. The van der Waals surface area contributed by atoms with Crippen LogP contribution < -0.4 is 51.6 Å². The van der Waals surface area contributed by atoms with Gasteiger partial charge in [-0.1, -0.05) is 72.8 Å². The van der Waals surface area contributed by atoms with Crippen molar-refractivity contribution in [2.75, 3.05) is 35.5 Å². The molecule has 2 aromatic heterocycles. The Morgan fingerprint density at radius 2 is 0.903 bits per heavy atom. The van der Waals surface area contributed by atoms with E-state index in [0.29, 0.717) is 22.4 Å². The molecule has 2 heterocycles. The third-order valence-corrected chi connectivity index (χ3v) is 8.59. The van der Waals surface area contributed by atoms with Crippen LogP contribution in [0.3, 0.4) is 0 Å². The predicted octanol–water partition coefficient (Wildman–Crippen LogP) is 3.93. The number of nitrogens with zero attached hydrogens (tertiary/aromatic N) is 2. The number of benzene rings is 5. The normalized spacial score (nSPS) is 8.95. The van der Waals surface area contributed by atoms with Crippen LogP contribution in [0.15, 0.2) is 179 Å². The van der Waals surface area contributed by atoms with E-state index in [4.69, 9.17) is 43.8 Å². The third kappa shape index (κ3) is 22.6. The van der Waals surface area contributed by atoms with Crippen molar-refractivity contribution >= 4 is 80.1 Å². The number of ether oxygens (including phenoxy) is 5. The first-order valence-electron chi connectivity index (χ1n) is 18.0. The summed E-state index contributed by atoms with van der Waals surface area (Å²) in [5.41, 5.74) is 2.73. The molecule has 0 amide bonds. The van der Waals surface area contributed by atoms with Gasteiger partial charge in [-0.2, -0.15) is 18.2 Å². The second kappa shape index (κ2) is 35.1. The third-order valence-electron chi connectivity index (χ3n) is 7.47. The summed E-state index contributed by atoms with van der Waals surface area (Å²) in [7, 11) is 4.99. The van der Waals surface area contributed by atoms with E-state index in [-0.39, 0.29) is 40.0 Å². The van der Waals surface area contributed by atoms with Gasteiger partial charge in [0.2, 0.25) is 0 Å². The van der Waals surface area contributed by atoms with Crippen LogP contribution >= 0.6 is 31.9 Å². The molecule has 0 saturated heterocycles. The van der Waals surface area contributed by atoms with Crippen molar-refractivity contribution in [1.29, 1.82) is 0 Å². The van der Waals surface area contributed by atoms with Gasteiger partial charge in [-0.15, -0.1) is 12.1 Å².